The molecule has 6 nitrogen and oxygen atoms in total. The Balaban J connectivity index is 0.00000205. The molecular weight excluding hydrogens is 412 g/mol. The Kier molecular flexibility index (Phi) is 5.01. The van der Waals surface area contributed by atoms with Crippen LogP contribution in [0.25, 0.3) is 0 Å². The van der Waals surface area contributed by atoms with Gasteiger partial charge < -0.3 is 10.6 Å². The highest BCUT2D eigenvalue weighted by Crippen LogP contribution is 2.35. The van der Waals surface area contributed by atoms with Crippen LogP contribution in [0.1, 0.15) is 52.0 Å². The van der Waals surface area contributed by atoms with E-state index in [4.69, 9.17) is 0 Å². The van der Waals surface area contributed by atoms with E-state index in [2.05, 4.69) is 10.6 Å². The number of hydrogen-bond donors (Lipinski definition) is 2. The van der Waals surface area contributed by atoms with Gasteiger partial charge in [0.25, 0.3) is 5.91 Å². The van der Waals surface area contributed by atoms with Crippen LogP contribution < -0.4 is 10.6 Å². The monoisotopic (exact) mass is 432 g/mol. The molecule has 8 heteroatoms. The molecule has 2 atom stereocenters. The highest BCUT2D eigenvalue weighted by molar-refractivity contribution is 7.91. The van der Waals surface area contributed by atoms with Crippen LogP contribution >= 0.6 is 12.4 Å². The van der Waals surface area contributed by atoms with Gasteiger partial charge in [-0.1, -0.05) is 12.1 Å². The Morgan fingerprint density at radius 2 is 1.62 bits per heavy atom. The largest absolute Gasteiger partial charge is 0.349 e. The second kappa shape index (κ2) is 7.23. The van der Waals surface area contributed by atoms with Crippen LogP contribution in [0.5, 0.6) is 0 Å². The second-order valence-electron chi connectivity index (χ2n) is 7.82. The zero-order chi connectivity index (χ0) is 19.5. The van der Waals surface area contributed by atoms with Crippen molar-refractivity contribution in [1.29, 1.82) is 0 Å². The summed E-state index contributed by atoms with van der Waals surface area (Å²) in [6, 6.07) is 11.5. The van der Waals surface area contributed by atoms with Crippen molar-refractivity contribution >= 4 is 33.9 Å². The molecule has 3 heterocycles. The minimum atomic E-state index is -3.84. The average molecular weight is 433 g/mol. The third-order valence-corrected chi connectivity index (χ3v) is 7.86. The van der Waals surface area contributed by atoms with E-state index in [-0.39, 0.29) is 56.6 Å². The molecule has 2 fully saturated rings. The molecule has 2 saturated heterocycles. The average Bonchev–Trinajstić information content (AvgIpc) is 3.04. The third kappa shape index (κ3) is 3.27. The van der Waals surface area contributed by atoms with Gasteiger partial charge in [-0.3, -0.25) is 9.59 Å². The van der Waals surface area contributed by atoms with Gasteiger partial charge in [-0.05, 0) is 56.0 Å². The van der Waals surface area contributed by atoms with Gasteiger partial charge in [-0.25, -0.2) is 8.42 Å². The lowest BCUT2D eigenvalue weighted by atomic mass is 9.98. The number of amides is 1. The molecule has 0 aliphatic carbocycles. The van der Waals surface area contributed by atoms with Gasteiger partial charge in [0.1, 0.15) is 0 Å². The Morgan fingerprint density at radius 3 is 2.34 bits per heavy atom. The maximum atomic E-state index is 13.0. The summed E-state index contributed by atoms with van der Waals surface area (Å²) in [6.45, 7) is 0. The Bertz CT molecular complexity index is 1100. The maximum Gasteiger partial charge on any atom is 0.251 e. The summed E-state index contributed by atoms with van der Waals surface area (Å²) in [4.78, 5) is 25.4. The van der Waals surface area contributed by atoms with Crippen molar-refractivity contribution < 1.29 is 18.0 Å². The predicted molar refractivity (Wildman–Crippen MR) is 109 cm³/mol. The fourth-order valence-electron chi connectivity index (χ4n) is 4.67. The normalized spacial score (nSPS) is 26.1. The van der Waals surface area contributed by atoms with Crippen molar-refractivity contribution in [3.05, 3.63) is 59.2 Å². The lowest BCUT2D eigenvalue weighted by molar-refractivity contribution is 0.0922. The van der Waals surface area contributed by atoms with Crippen molar-refractivity contribution in [3.8, 4) is 0 Å². The molecule has 0 saturated carbocycles. The van der Waals surface area contributed by atoms with E-state index >= 15 is 0 Å². The summed E-state index contributed by atoms with van der Waals surface area (Å²) < 4.78 is 26.0. The third-order valence-electron chi connectivity index (χ3n) is 6.01. The number of benzene rings is 2. The summed E-state index contributed by atoms with van der Waals surface area (Å²) in [5, 5.41) is 6.57. The summed E-state index contributed by atoms with van der Waals surface area (Å²) >= 11 is 0. The number of sulfone groups is 1. The summed E-state index contributed by atoms with van der Waals surface area (Å²) in [5.74, 6) is -0.627. The zero-order valence-electron chi connectivity index (χ0n) is 15.6. The Hall–Kier alpha value is -2.22. The van der Waals surface area contributed by atoms with Crippen LogP contribution in [0.2, 0.25) is 0 Å². The molecule has 3 aliphatic rings. The Labute approximate surface area is 175 Å². The molecule has 29 heavy (non-hydrogen) atoms. The van der Waals surface area contributed by atoms with Crippen LogP contribution in [0.4, 0.5) is 0 Å². The predicted octanol–water partition coefficient (Wildman–Crippen LogP) is 2.50. The molecule has 3 aliphatic heterocycles. The first-order chi connectivity index (χ1) is 13.4. The van der Waals surface area contributed by atoms with Crippen LogP contribution in [-0.4, -0.2) is 38.2 Å². The zero-order valence-corrected chi connectivity index (χ0v) is 17.2. The highest BCUT2D eigenvalue weighted by atomic mass is 35.5. The van der Waals surface area contributed by atoms with Crippen LogP contribution in [0, 0.1) is 0 Å². The van der Waals surface area contributed by atoms with Crippen LogP contribution in [-0.2, 0) is 9.84 Å². The first-order valence-corrected chi connectivity index (χ1v) is 11.0. The van der Waals surface area contributed by atoms with Crippen LogP contribution in [0.15, 0.2) is 52.3 Å². The number of piperidine rings is 1. The fraction of sp³-hybridized carbons (Fsp3) is 0.333. The SMILES string of the molecule is Cl.O=C(NC1CC2CCC(C1)N2)c1ccc2c(c1)S(=O)(=O)c1ccccc1C2=O. The van der Waals surface area contributed by atoms with E-state index in [9.17, 15) is 18.0 Å². The number of nitrogens with one attached hydrogen (secondary N) is 2. The van der Waals surface area contributed by atoms with Crippen molar-refractivity contribution in [3.63, 3.8) is 0 Å². The molecule has 0 radical (unpaired) electrons. The second-order valence-corrected chi connectivity index (χ2v) is 9.71. The molecule has 2 unspecified atom stereocenters. The van der Waals surface area contributed by atoms with Gasteiger partial charge in [-0.2, -0.15) is 0 Å². The summed E-state index contributed by atoms with van der Waals surface area (Å²) in [6.07, 6.45) is 4.04. The number of carbonyl (C=O) groups excluding carboxylic acids is 2. The van der Waals surface area contributed by atoms with Crippen molar-refractivity contribution in [2.24, 2.45) is 0 Å². The van der Waals surface area contributed by atoms with Gasteiger partial charge in [0, 0.05) is 34.8 Å². The summed E-state index contributed by atoms with van der Waals surface area (Å²) in [7, 11) is -3.84. The van der Waals surface area contributed by atoms with E-state index in [0.29, 0.717) is 12.1 Å². The number of carbonyl (C=O) groups is 2. The first kappa shape index (κ1) is 20.1. The summed E-state index contributed by atoms with van der Waals surface area (Å²) in [5.41, 5.74) is 0.563. The number of halogens is 1. The van der Waals surface area contributed by atoms with Gasteiger partial charge in [0.15, 0.2) is 5.78 Å². The standard InChI is InChI=1S/C21H20N2O4S.ClH/c24-20-16-3-1-2-4-18(16)28(26,27)19-9-12(5-8-17(19)20)21(25)23-15-10-13-6-7-14(11-15)22-13;/h1-5,8-9,13-15,22H,6-7,10-11H2,(H,23,25);1H. The lowest BCUT2D eigenvalue weighted by Gasteiger charge is -2.29. The molecule has 152 valence electrons. The van der Waals surface area contributed by atoms with Gasteiger partial charge in [0.2, 0.25) is 9.84 Å². The van der Waals surface area contributed by atoms with Crippen molar-refractivity contribution in [1.82, 2.24) is 10.6 Å². The van der Waals surface area contributed by atoms with E-state index in [1.807, 2.05) is 0 Å². The topological polar surface area (TPSA) is 92.3 Å². The molecule has 0 spiro atoms. The number of hydrogen-bond acceptors (Lipinski definition) is 5. The van der Waals surface area contributed by atoms with E-state index in [0.717, 1.165) is 25.7 Å². The van der Waals surface area contributed by atoms with E-state index in [1.54, 1.807) is 12.1 Å². The first-order valence-electron chi connectivity index (χ1n) is 9.53. The van der Waals surface area contributed by atoms with E-state index in [1.165, 1.54) is 30.3 Å². The van der Waals surface area contributed by atoms with Crippen molar-refractivity contribution in [2.45, 2.75) is 53.6 Å². The van der Waals surface area contributed by atoms with Gasteiger partial charge >= 0.3 is 0 Å². The molecular formula is C21H21ClN2O4S. The molecule has 5 rings (SSSR count). The van der Waals surface area contributed by atoms with Gasteiger partial charge in [0.05, 0.1) is 9.79 Å². The molecule has 0 aromatic heterocycles. The van der Waals surface area contributed by atoms with Gasteiger partial charge in [-0.15, -0.1) is 12.4 Å². The van der Waals surface area contributed by atoms with E-state index < -0.39 is 9.84 Å². The maximum absolute atomic E-state index is 13.0. The minimum absolute atomic E-state index is 0. The number of ketones is 1. The lowest BCUT2D eigenvalue weighted by Crippen LogP contribution is -2.48. The smallest absolute Gasteiger partial charge is 0.251 e. The fourth-order valence-corrected chi connectivity index (χ4v) is 6.35. The van der Waals surface area contributed by atoms with Crippen LogP contribution in [0.3, 0.4) is 0 Å². The number of fused-ring (bicyclic) bond motifs is 4. The molecule has 1 amide bonds. The quantitative estimate of drug-likeness (QED) is 0.649. The Morgan fingerprint density at radius 1 is 0.966 bits per heavy atom. The van der Waals surface area contributed by atoms with Crippen molar-refractivity contribution in [2.75, 3.05) is 0 Å². The highest BCUT2D eigenvalue weighted by Gasteiger charge is 2.36. The molecule has 2 bridgehead atoms. The molecule has 2 aromatic carbocycles. The minimum Gasteiger partial charge on any atom is -0.349 e. The molecule has 2 aromatic rings. The number of rotatable bonds is 2. The molecule has 2 N–H and O–H groups in total.